The predicted octanol–water partition coefficient (Wildman–Crippen LogP) is 2.38. The van der Waals surface area contributed by atoms with E-state index < -0.39 is 12.7 Å². The van der Waals surface area contributed by atoms with Crippen molar-refractivity contribution in [1.82, 2.24) is 10.6 Å². The molecule has 1 aliphatic rings. The largest absolute Gasteiger partial charge is 0.496 e. The lowest BCUT2D eigenvalue weighted by molar-refractivity contribution is -0.125. The number of ether oxygens (including phenoxy) is 1. The molecule has 1 aromatic rings. The smallest absolute Gasteiger partial charge is 0.401 e. The lowest BCUT2D eigenvalue weighted by atomic mass is 9.94. The van der Waals surface area contributed by atoms with Crippen LogP contribution in [0.25, 0.3) is 0 Å². The first-order valence-electron chi connectivity index (χ1n) is 6.58. The van der Waals surface area contributed by atoms with Crippen molar-refractivity contribution in [3.05, 3.63) is 28.8 Å². The van der Waals surface area contributed by atoms with E-state index in [4.69, 9.17) is 4.74 Å². The highest BCUT2D eigenvalue weighted by Crippen LogP contribution is 2.27. The van der Waals surface area contributed by atoms with Crippen molar-refractivity contribution >= 4 is 0 Å². The van der Waals surface area contributed by atoms with Crippen LogP contribution in [0.15, 0.2) is 12.1 Å². The van der Waals surface area contributed by atoms with E-state index in [1.54, 1.807) is 0 Å². The van der Waals surface area contributed by atoms with Gasteiger partial charge >= 0.3 is 6.18 Å². The molecule has 1 unspecified atom stereocenters. The summed E-state index contributed by atoms with van der Waals surface area (Å²) in [5.74, 6) is 0.634. The number of hydrogen-bond acceptors (Lipinski definition) is 3. The first kappa shape index (κ1) is 15.1. The van der Waals surface area contributed by atoms with Crippen molar-refractivity contribution in [1.29, 1.82) is 0 Å². The van der Waals surface area contributed by atoms with Gasteiger partial charge in [0.25, 0.3) is 0 Å². The molecule has 1 aliphatic heterocycles. The molecule has 0 aromatic heterocycles. The highest BCUT2D eigenvalue weighted by Gasteiger charge is 2.26. The zero-order valence-electron chi connectivity index (χ0n) is 11.6. The van der Waals surface area contributed by atoms with Crippen molar-refractivity contribution in [2.45, 2.75) is 38.7 Å². The second kappa shape index (κ2) is 6.01. The van der Waals surface area contributed by atoms with E-state index in [0.717, 1.165) is 24.1 Å². The summed E-state index contributed by atoms with van der Waals surface area (Å²) in [4.78, 5) is 0. The first-order chi connectivity index (χ1) is 9.39. The van der Waals surface area contributed by atoms with Crippen LogP contribution in [0.1, 0.15) is 23.6 Å². The topological polar surface area (TPSA) is 33.3 Å². The molecule has 1 aromatic carbocycles. The van der Waals surface area contributed by atoms with Gasteiger partial charge < -0.3 is 15.4 Å². The fraction of sp³-hybridized carbons (Fsp3) is 0.571. The Morgan fingerprint density at radius 3 is 2.75 bits per heavy atom. The summed E-state index contributed by atoms with van der Waals surface area (Å²) in [5, 5.41) is 5.77. The minimum atomic E-state index is -4.19. The number of methoxy groups -OCH3 is 1. The molecule has 112 valence electrons. The van der Waals surface area contributed by atoms with Gasteiger partial charge in [0.15, 0.2) is 0 Å². The Morgan fingerprint density at radius 2 is 2.10 bits per heavy atom. The van der Waals surface area contributed by atoms with E-state index in [9.17, 15) is 13.2 Å². The normalized spacial score (nSPS) is 18.8. The van der Waals surface area contributed by atoms with E-state index in [1.807, 2.05) is 12.1 Å². The van der Waals surface area contributed by atoms with Gasteiger partial charge in [-0.05, 0) is 30.5 Å². The maximum Gasteiger partial charge on any atom is 0.401 e. The highest BCUT2D eigenvalue weighted by atomic mass is 19.4. The van der Waals surface area contributed by atoms with Crippen LogP contribution >= 0.6 is 0 Å². The molecule has 0 spiro atoms. The molecule has 0 radical (unpaired) electrons. The summed E-state index contributed by atoms with van der Waals surface area (Å²) in [6, 6.07) is 4.25. The van der Waals surface area contributed by atoms with Crippen molar-refractivity contribution in [2.24, 2.45) is 0 Å². The SMILES string of the molecule is COc1cc2c(cc1CNCC(F)(F)F)CC(C)NC2. The van der Waals surface area contributed by atoms with Crippen LogP contribution in [-0.2, 0) is 19.5 Å². The molecular weight excluding hydrogens is 269 g/mol. The summed E-state index contributed by atoms with van der Waals surface area (Å²) in [5.41, 5.74) is 3.10. The van der Waals surface area contributed by atoms with Crippen molar-refractivity contribution in [2.75, 3.05) is 13.7 Å². The van der Waals surface area contributed by atoms with Crippen LogP contribution in [0.5, 0.6) is 5.75 Å². The summed E-state index contributed by atoms with van der Waals surface area (Å²) >= 11 is 0. The molecule has 20 heavy (non-hydrogen) atoms. The average Bonchev–Trinajstić information content (AvgIpc) is 2.36. The van der Waals surface area contributed by atoms with E-state index >= 15 is 0 Å². The molecule has 2 rings (SSSR count). The van der Waals surface area contributed by atoms with E-state index in [1.165, 1.54) is 12.7 Å². The zero-order chi connectivity index (χ0) is 14.8. The Hall–Kier alpha value is -1.27. The van der Waals surface area contributed by atoms with Crippen LogP contribution in [-0.4, -0.2) is 25.9 Å². The minimum Gasteiger partial charge on any atom is -0.496 e. The van der Waals surface area contributed by atoms with E-state index in [0.29, 0.717) is 11.8 Å². The standard InChI is InChI=1S/C14H19F3N2O/c1-9-3-10-4-12(6-18-8-14(15,16)17)13(20-2)5-11(10)7-19-9/h4-5,9,18-19H,3,6-8H2,1-2H3. The zero-order valence-corrected chi connectivity index (χ0v) is 11.6. The van der Waals surface area contributed by atoms with Gasteiger partial charge in [0, 0.05) is 24.7 Å². The molecule has 0 saturated carbocycles. The van der Waals surface area contributed by atoms with Crippen molar-refractivity contribution in [3.8, 4) is 5.75 Å². The van der Waals surface area contributed by atoms with Crippen molar-refractivity contribution in [3.63, 3.8) is 0 Å². The third-order valence-corrected chi connectivity index (χ3v) is 3.41. The Morgan fingerprint density at radius 1 is 1.35 bits per heavy atom. The molecule has 0 aliphatic carbocycles. The second-order valence-electron chi connectivity index (χ2n) is 5.14. The van der Waals surface area contributed by atoms with Crippen LogP contribution in [0, 0.1) is 0 Å². The number of halogens is 3. The fourth-order valence-electron chi connectivity index (χ4n) is 2.43. The Labute approximate surface area is 116 Å². The van der Waals surface area contributed by atoms with Crippen LogP contribution in [0.3, 0.4) is 0 Å². The number of nitrogens with one attached hydrogen (secondary N) is 2. The van der Waals surface area contributed by atoms with E-state index in [-0.39, 0.29) is 6.54 Å². The van der Waals surface area contributed by atoms with Gasteiger partial charge in [0.1, 0.15) is 5.75 Å². The van der Waals surface area contributed by atoms with Gasteiger partial charge in [-0.15, -0.1) is 0 Å². The van der Waals surface area contributed by atoms with E-state index in [2.05, 4.69) is 17.6 Å². The molecule has 0 fully saturated rings. The summed E-state index contributed by atoms with van der Waals surface area (Å²) in [6.07, 6.45) is -3.31. The number of fused-ring (bicyclic) bond motifs is 1. The third-order valence-electron chi connectivity index (χ3n) is 3.41. The van der Waals surface area contributed by atoms with Crippen LogP contribution < -0.4 is 15.4 Å². The molecule has 0 bridgehead atoms. The number of hydrogen-bond donors (Lipinski definition) is 2. The van der Waals surface area contributed by atoms with Crippen LogP contribution in [0.4, 0.5) is 13.2 Å². The van der Waals surface area contributed by atoms with Gasteiger partial charge in [-0.1, -0.05) is 6.07 Å². The summed E-state index contributed by atoms with van der Waals surface area (Å²) in [6.45, 7) is 2.01. The molecule has 2 N–H and O–H groups in total. The lowest BCUT2D eigenvalue weighted by Gasteiger charge is -2.25. The molecule has 0 amide bonds. The number of benzene rings is 1. The minimum absolute atomic E-state index is 0.151. The molecule has 1 heterocycles. The Kier molecular flexibility index (Phi) is 4.55. The average molecular weight is 288 g/mol. The van der Waals surface area contributed by atoms with Gasteiger partial charge in [0.2, 0.25) is 0 Å². The van der Waals surface area contributed by atoms with Gasteiger partial charge in [0.05, 0.1) is 13.7 Å². The lowest BCUT2D eigenvalue weighted by Crippen LogP contribution is -2.33. The van der Waals surface area contributed by atoms with Gasteiger partial charge in [-0.3, -0.25) is 0 Å². The molecule has 0 saturated heterocycles. The predicted molar refractivity (Wildman–Crippen MR) is 70.8 cm³/mol. The maximum absolute atomic E-state index is 12.2. The number of alkyl halides is 3. The number of rotatable bonds is 4. The second-order valence-corrected chi connectivity index (χ2v) is 5.14. The van der Waals surface area contributed by atoms with Gasteiger partial charge in [-0.25, -0.2) is 0 Å². The Balaban J connectivity index is 2.13. The summed E-state index contributed by atoms with van der Waals surface area (Å²) in [7, 11) is 1.54. The molecule has 3 nitrogen and oxygen atoms in total. The van der Waals surface area contributed by atoms with Crippen molar-refractivity contribution < 1.29 is 17.9 Å². The molecular formula is C14H19F3N2O. The van der Waals surface area contributed by atoms with Gasteiger partial charge in [-0.2, -0.15) is 13.2 Å². The molecule has 6 heteroatoms. The third kappa shape index (κ3) is 3.86. The first-order valence-corrected chi connectivity index (χ1v) is 6.58. The quantitative estimate of drug-likeness (QED) is 0.892. The fourth-order valence-corrected chi connectivity index (χ4v) is 2.43. The monoisotopic (exact) mass is 288 g/mol. The molecule has 1 atom stereocenters. The van der Waals surface area contributed by atoms with Crippen LogP contribution in [0.2, 0.25) is 0 Å². The Bertz CT molecular complexity index is 474. The highest BCUT2D eigenvalue weighted by molar-refractivity contribution is 5.44. The maximum atomic E-state index is 12.2. The summed E-state index contributed by atoms with van der Waals surface area (Å²) < 4.78 is 41.8.